The number of thiophene rings is 1. The molecule has 0 unspecified atom stereocenters. The van der Waals surface area contributed by atoms with Crippen LogP contribution in [0.25, 0.3) is 11.0 Å². The Morgan fingerprint density at radius 3 is 2.43 bits per heavy atom. The number of aryl methyl sites for hydroxylation is 1. The van der Waals surface area contributed by atoms with Crippen LogP contribution in [-0.2, 0) is 6.54 Å². The number of nitrogens with zero attached hydrogens (tertiary/aromatic N) is 2. The number of hydrogen-bond donors (Lipinski definition) is 2. The van der Waals surface area contributed by atoms with Crippen molar-refractivity contribution in [2.75, 3.05) is 26.2 Å². The number of rotatable bonds is 4. The number of aromatic amines is 2. The molecule has 0 spiro atoms. The highest BCUT2D eigenvalue weighted by Crippen LogP contribution is 2.36. The molecule has 5 rings (SSSR count). The molecule has 5 nitrogen and oxygen atoms in total. The maximum atomic E-state index is 11.6. The molecular formula is C23H29BrN4OS. The Labute approximate surface area is 189 Å². The van der Waals surface area contributed by atoms with E-state index in [1.165, 1.54) is 67.9 Å². The molecule has 7 heteroatoms. The third-order valence-electron chi connectivity index (χ3n) is 7.01. The number of H-pyrrole nitrogens is 2. The van der Waals surface area contributed by atoms with Crippen LogP contribution in [0.5, 0.6) is 0 Å². The maximum absolute atomic E-state index is 11.6. The molecule has 2 N–H and O–H groups in total. The minimum Gasteiger partial charge on any atom is -0.306 e. The van der Waals surface area contributed by atoms with Gasteiger partial charge in [0, 0.05) is 35.0 Å². The Morgan fingerprint density at radius 1 is 1.07 bits per heavy atom. The van der Waals surface area contributed by atoms with E-state index in [0.717, 1.165) is 28.1 Å². The summed E-state index contributed by atoms with van der Waals surface area (Å²) >= 11 is 5.63. The molecule has 2 aromatic heterocycles. The number of aromatic nitrogens is 2. The minimum atomic E-state index is -0.135. The van der Waals surface area contributed by atoms with E-state index in [-0.39, 0.29) is 5.69 Å². The lowest BCUT2D eigenvalue weighted by molar-refractivity contribution is 0.0848. The lowest BCUT2D eigenvalue weighted by Crippen LogP contribution is -2.47. The van der Waals surface area contributed by atoms with Gasteiger partial charge in [-0.1, -0.05) is 15.9 Å². The molecule has 3 aromatic rings. The zero-order chi connectivity index (χ0) is 20.7. The van der Waals surface area contributed by atoms with Crippen LogP contribution in [0.1, 0.15) is 47.6 Å². The second-order valence-electron chi connectivity index (χ2n) is 8.84. The van der Waals surface area contributed by atoms with Crippen LogP contribution in [0.3, 0.4) is 0 Å². The van der Waals surface area contributed by atoms with E-state index in [1.807, 2.05) is 17.4 Å². The molecule has 0 radical (unpaired) electrons. The van der Waals surface area contributed by atoms with Crippen molar-refractivity contribution in [2.45, 2.75) is 51.1 Å². The molecular weight excluding hydrogens is 460 g/mol. The number of likely N-dealkylation sites (tertiary alicyclic amines) is 2. The molecule has 4 heterocycles. The Kier molecular flexibility index (Phi) is 5.88. The molecule has 0 amide bonds. The molecule has 2 fully saturated rings. The molecule has 0 saturated carbocycles. The van der Waals surface area contributed by atoms with Crippen molar-refractivity contribution in [2.24, 2.45) is 0 Å². The van der Waals surface area contributed by atoms with Crippen molar-refractivity contribution in [3.63, 3.8) is 0 Å². The number of imidazole rings is 1. The van der Waals surface area contributed by atoms with Gasteiger partial charge in [-0.25, -0.2) is 4.79 Å². The van der Waals surface area contributed by atoms with Crippen molar-refractivity contribution >= 4 is 38.3 Å². The van der Waals surface area contributed by atoms with Gasteiger partial charge in [-0.15, -0.1) is 11.3 Å². The summed E-state index contributed by atoms with van der Waals surface area (Å²) in [7, 11) is 0. The lowest BCUT2D eigenvalue weighted by atomic mass is 9.87. The molecule has 0 aliphatic carbocycles. The van der Waals surface area contributed by atoms with E-state index in [9.17, 15) is 4.79 Å². The fraction of sp³-hybridized carbons (Fsp3) is 0.522. The van der Waals surface area contributed by atoms with Crippen LogP contribution in [-0.4, -0.2) is 52.0 Å². The third kappa shape index (κ3) is 4.17. The normalized spacial score (nSPS) is 20.3. The molecule has 2 aliphatic rings. The molecule has 2 saturated heterocycles. The van der Waals surface area contributed by atoms with Crippen LogP contribution in [0.2, 0.25) is 0 Å². The van der Waals surface area contributed by atoms with E-state index in [0.29, 0.717) is 5.92 Å². The van der Waals surface area contributed by atoms with Crippen LogP contribution in [0.15, 0.2) is 32.8 Å². The molecule has 160 valence electrons. The van der Waals surface area contributed by atoms with Gasteiger partial charge in [0.05, 0.1) is 11.0 Å². The summed E-state index contributed by atoms with van der Waals surface area (Å²) in [6.07, 6.45) is 4.95. The monoisotopic (exact) mass is 488 g/mol. The van der Waals surface area contributed by atoms with Gasteiger partial charge in [0.1, 0.15) is 0 Å². The molecule has 30 heavy (non-hydrogen) atoms. The van der Waals surface area contributed by atoms with Gasteiger partial charge in [-0.2, -0.15) is 0 Å². The van der Waals surface area contributed by atoms with E-state index < -0.39 is 0 Å². The quantitative estimate of drug-likeness (QED) is 0.552. The first-order valence-electron chi connectivity index (χ1n) is 11.0. The summed E-state index contributed by atoms with van der Waals surface area (Å²) in [6.45, 7) is 8.12. The zero-order valence-electron chi connectivity index (χ0n) is 17.4. The Bertz CT molecular complexity index is 1070. The number of hydrogen-bond acceptors (Lipinski definition) is 4. The average Bonchev–Trinajstić information content (AvgIpc) is 3.32. The maximum Gasteiger partial charge on any atom is 0.323 e. The van der Waals surface area contributed by atoms with E-state index in [4.69, 9.17) is 0 Å². The fourth-order valence-corrected chi connectivity index (χ4v) is 6.79. The first-order valence-corrected chi connectivity index (χ1v) is 12.6. The summed E-state index contributed by atoms with van der Waals surface area (Å²) in [5.41, 5.74) is 4.42. The minimum absolute atomic E-state index is 0.135. The average molecular weight is 489 g/mol. The first kappa shape index (κ1) is 20.5. The predicted octanol–water partition coefficient (Wildman–Crippen LogP) is 4.83. The standard InChI is InChI=1S/C23H29BrN4OS/c1-15-6-11-30-22(15)14-27-7-4-17(5-8-27)28-9-2-16(3-10-28)18-12-20-21(13-19(18)24)26-23(29)25-20/h6,11-13,16-17H,2-5,7-10,14H2,1H3,(H2,25,26,29). The number of halogens is 1. The fourth-order valence-electron chi connectivity index (χ4n) is 5.17. The van der Waals surface area contributed by atoms with Crippen LogP contribution in [0.4, 0.5) is 0 Å². The van der Waals surface area contributed by atoms with Gasteiger partial charge in [0.25, 0.3) is 0 Å². The summed E-state index contributed by atoms with van der Waals surface area (Å²) in [4.78, 5) is 24.2. The Morgan fingerprint density at radius 2 is 1.77 bits per heavy atom. The lowest BCUT2D eigenvalue weighted by Gasteiger charge is -2.42. The largest absolute Gasteiger partial charge is 0.323 e. The topological polar surface area (TPSA) is 55.1 Å². The van der Waals surface area contributed by atoms with Gasteiger partial charge >= 0.3 is 5.69 Å². The van der Waals surface area contributed by atoms with E-state index in [1.54, 1.807) is 0 Å². The highest BCUT2D eigenvalue weighted by Gasteiger charge is 2.29. The molecule has 2 aliphatic heterocycles. The Balaban J connectivity index is 1.16. The van der Waals surface area contributed by atoms with Gasteiger partial charge in [-0.05, 0) is 86.3 Å². The molecule has 0 bridgehead atoms. The number of benzene rings is 1. The van der Waals surface area contributed by atoms with Crippen molar-refractivity contribution in [1.82, 2.24) is 19.8 Å². The summed E-state index contributed by atoms with van der Waals surface area (Å²) in [5, 5.41) is 2.21. The summed E-state index contributed by atoms with van der Waals surface area (Å²) in [6, 6.07) is 7.17. The van der Waals surface area contributed by atoms with Crippen LogP contribution in [0, 0.1) is 6.92 Å². The van der Waals surface area contributed by atoms with E-state index >= 15 is 0 Å². The van der Waals surface area contributed by atoms with Crippen molar-refractivity contribution in [1.29, 1.82) is 0 Å². The second-order valence-corrected chi connectivity index (χ2v) is 10.7. The number of piperidine rings is 2. The van der Waals surface area contributed by atoms with Crippen molar-refractivity contribution in [3.8, 4) is 0 Å². The summed E-state index contributed by atoms with van der Waals surface area (Å²) < 4.78 is 1.11. The molecule has 0 atom stereocenters. The zero-order valence-corrected chi connectivity index (χ0v) is 19.8. The van der Waals surface area contributed by atoms with Gasteiger partial charge in [-0.3, -0.25) is 4.90 Å². The highest BCUT2D eigenvalue weighted by molar-refractivity contribution is 9.10. The Hall–Kier alpha value is -1.41. The van der Waals surface area contributed by atoms with Crippen LogP contribution < -0.4 is 5.69 Å². The van der Waals surface area contributed by atoms with Crippen molar-refractivity contribution in [3.05, 3.63) is 54.5 Å². The van der Waals surface area contributed by atoms with E-state index in [2.05, 4.69) is 60.1 Å². The molecule has 1 aromatic carbocycles. The van der Waals surface area contributed by atoms with Gasteiger partial charge < -0.3 is 14.9 Å². The second kappa shape index (κ2) is 8.61. The van der Waals surface area contributed by atoms with Crippen LogP contribution >= 0.6 is 27.3 Å². The third-order valence-corrected chi connectivity index (χ3v) is 8.71. The SMILES string of the molecule is Cc1ccsc1CN1CCC(N2CCC(c3cc4[nH]c(=O)[nH]c4cc3Br)CC2)CC1. The van der Waals surface area contributed by atoms with Gasteiger partial charge in [0.2, 0.25) is 0 Å². The number of nitrogens with one attached hydrogen (secondary N) is 2. The van der Waals surface area contributed by atoms with Gasteiger partial charge in [0.15, 0.2) is 0 Å². The van der Waals surface area contributed by atoms with Crippen molar-refractivity contribution < 1.29 is 0 Å². The highest BCUT2D eigenvalue weighted by atomic mass is 79.9. The first-order chi connectivity index (χ1) is 14.6. The summed E-state index contributed by atoms with van der Waals surface area (Å²) in [5.74, 6) is 0.556. The number of fused-ring (bicyclic) bond motifs is 1. The smallest absolute Gasteiger partial charge is 0.306 e. The predicted molar refractivity (Wildman–Crippen MR) is 128 cm³/mol.